The minimum atomic E-state index is -0.242. The minimum Gasteiger partial charge on any atom is -0.493 e. The first kappa shape index (κ1) is 18.3. The van der Waals surface area contributed by atoms with Crippen molar-refractivity contribution in [2.45, 2.75) is 25.8 Å². The molecule has 0 atom stereocenters. The Labute approximate surface area is 163 Å². The molecule has 0 saturated heterocycles. The summed E-state index contributed by atoms with van der Waals surface area (Å²) >= 11 is 0. The number of ether oxygens (including phenoxy) is 1. The largest absolute Gasteiger partial charge is 0.493 e. The topological polar surface area (TPSA) is 86.2 Å². The fourth-order valence-electron chi connectivity index (χ4n) is 3.13. The molecular formula is C22H24N4O2. The molecule has 0 saturated carbocycles. The highest BCUT2D eigenvalue weighted by molar-refractivity contribution is 5.91. The van der Waals surface area contributed by atoms with Crippen molar-refractivity contribution in [1.29, 1.82) is 0 Å². The van der Waals surface area contributed by atoms with Gasteiger partial charge in [-0.15, -0.1) is 0 Å². The van der Waals surface area contributed by atoms with Crippen LogP contribution < -0.4 is 15.8 Å². The predicted molar refractivity (Wildman–Crippen MR) is 113 cm³/mol. The van der Waals surface area contributed by atoms with E-state index in [-0.39, 0.29) is 5.54 Å². The van der Waals surface area contributed by atoms with Crippen LogP contribution in [-0.4, -0.2) is 29.2 Å². The second-order valence-corrected chi connectivity index (χ2v) is 7.57. The first-order chi connectivity index (χ1) is 13.4. The highest BCUT2D eigenvalue weighted by atomic mass is 16.5. The van der Waals surface area contributed by atoms with Gasteiger partial charge in [0.15, 0.2) is 22.9 Å². The molecule has 3 N–H and O–H groups in total. The van der Waals surface area contributed by atoms with E-state index in [2.05, 4.69) is 5.32 Å². The van der Waals surface area contributed by atoms with Gasteiger partial charge in [0.25, 0.3) is 0 Å². The van der Waals surface area contributed by atoms with Gasteiger partial charge in [-0.3, -0.25) is 0 Å². The summed E-state index contributed by atoms with van der Waals surface area (Å²) in [6.45, 7) is 4.75. The van der Waals surface area contributed by atoms with Crippen molar-refractivity contribution in [3.05, 3.63) is 48.5 Å². The number of fused-ring (bicyclic) bond motifs is 2. The molecule has 0 unspecified atom stereocenters. The molecule has 2 heterocycles. The molecule has 4 rings (SSSR count). The smallest absolute Gasteiger partial charge is 0.198 e. The summed E-state index contributed by atoms with van der Waals surface area (Å²) < 4.78 is 11.4. The number of methoxy groups -OCH3 is 1. The van der Waals surface area contributed by atoms with Crippen molar-refractivity contribution in [3.8, 4) is 17.3 Å². The van der Waals surface area contributed by atoms with Crippen LogP contribution in [-0.2, 0) is 0 Å². The predicted octanol–water partition coefficient (Wildman–Crippen LogP) is 4.59. The Kier molecular flexibility index (Phi) is 4.65. The second-order valence-electron chi connectivity index (χ2n) is 7.57. The lowest BCUT2D eigenvalue weighted by atomic mass is 10.0. The number of nitrogens with one attached hydrogen (secondary N) is 1. The lowest BCUT2D eigenvalue weighted by molar-refractivity contribution is 0.411. The van der Waals surface area contributed by atoms with Gasteiger partial charge in [0.1, 0.15) is 5.82 Å². The van der Waals surface area contributed by atoms with Gasteiger partial charge < -0.3 is 20.2 Å². The molecule has 0 bridgehead atoms. The summed E-state index contributed by atoms with van der Waals surface area (Å²) in [6.07, 6.45) is 0.822. The Morgan fingerprint density at radius 3 is 2.71 bits per heavy atom. The Morgan fingerprint density at radius 1 is 1.11 bits per heavy atom. The highest BCUT2D eigenvalue weighted by Crippen LogP contribution is 2.33. The van der Waals surface area contributed by atoms with Gasteiger partial charge in [0.2, 0.25) is 0 Å². The molecule has 6 heteroatoms. The van der Waals surface area contributed by atoms with Gasteiger partial charge >= 0.3 is 0 Å². The average Bonchev–Trinajstić information content (AvgIpc) is 3.11. The van der Waals surface area contributed by atoms with Gasteiger partial charge in [-0.25, -0.2) is 9.97 Å². The molecule has 0 amide bonds. The van der Waals surface area contributed by atoms with Crippen LogP contribution in [0.4, 0.5) is 5.82 Å². The summed E-state index contributed by atoms with van der Waals surface area (Å²) in [7, 11) is 1.63. The molecule has 0 fully saturated rings. The van der Waals surface area contributed by atoms with Crippen LogP contribution in [0.5, 0.6) is 5.75 Å². The Balaban J connectivity index is 1.77. The van der Waals surface area contributed by atoms with E-state index in [0.717, 1.165) is 35.1 Å². The number of nitrogens with zero attached hydrogens (tertiary/aromatic N) is 2. The first-order valence-corrected chi connectivity index (χ1v) is 9.31. The van der Waals surface area contributed by atoms with E-state index in [0.29, 0.717) is 22.9 Å². The average molecular weight is 376 g/mol. The standard InChI is InChI=1S/C22H24N4O2/c1-22(2,23)11-12-24-20-15-8-4-5-9-16(15)25-21(26-20)18-13-14-7-6-10-17(27-3)19(14)28-18/h4-10,13H,11-12,23H2,1-3H3,(H,24,25,26). The van der Waals surface area contributed by atoms with E-state index < -0.39 is 0 Å². The van der Waals surface area contributed by atoms with Gasteiger partial charge in [-0.2, -0.15) is 0 Å². The van der Waals surface area contributed by atoms with Gasteiger partial charge in [0.05, 0.1) is 12.6 Å². The summed E-state index contributed by atoms with van der Waals surface area (Å²) in [5.41, 5.74) is 7.41. The van der Waals surface area contributed by atoms with Crippen molar-refractivity contribution >= 4 is 27.7 Å². The number of nitrogens with two attached hydrogens (primary N) is 1. The molecule has 2 aromatic heterocycles. The second kappa shape index (κ2) is 7.13. The maximum Gasteiger partial charge on any atom is 0.198 e. The summed E-state index contributed by atoms with van der Waals surface area (Å²) in [5, 5.41) is 5.33. The van der Waals surface area contributed by atoms with Crippen LogP contribution in [0.1, 0.15) is 20.3 Å². The van der Waals surface area contributed by atoms with Gasteiger partial charge in [-0.1, -0.05) is 24.3 Å². The quantitative estimate of drug-likeness (QED) is 0.512. The third-order valence-electron chi connectivity index (χ3n) is 4.61. The monoisotopic (exact) mass is 376 g/mol. The van der Waals surface area contributed by atoms with Crippen LogP contribution in [0.3, 0.4) is 0 Å². The number of para-hydroxylation sites is 2. The van der Waals surface area contributed by atoms with Crippen molar-refractivity contribution in [1.82, 2.24) is 9.97 Å². The lowest BCUT2D eigenvalue weighted by Crippen LogP contribution is -2.34. The van der Waals surface area contributed by atoms with E-state index in [1.165, 1.54) is 0 Å². The van der Waals surface area contributed by atoms with Crippen LogP contribution in [0.25, 0.3) is 33.5 Å². The molecule has 0 spiro atoms. The van der Waals surface area contributed by atoms with Crippen LogP contribution in [0.2, 0.25) is 0 Å². The molecule has 4 aromatic rings. The Morgan fingerprint density at radius 2 is 1.93 bits per heavy atom. The number of anilines is 1. The molecule has 0 radical (unpaired) electrons. The highest BCUT2D eigenvalue weighted by Gasteiger charge is 2.16. The zero-order valence-electron chi connectivity index (χ0n) is 16.3. The van der Waals surface area contributed by atoms with E-state index in [9.17, 15) is 0 Å². The molecule has 0 aliphatic carbocycles. The first-order valence-electron chi connectivity index (χ1n) is 9.31. The van der Waals surface area contributed by atoms with Crippen LogP contribution >= 0.6 is 0 Å². The van der Waals surface area contributed by atoms with E-state index in [1.807, 2.05) is 62.4 Å². The van der Waals surface area contributed by atoms with Crippen molar-refractivity contribution in [2.75, 3.05) is 19.0 Å². The maximum absolute atomic E-state index is 6.10. The number of rotatable bonds is 6. The van der Waals surface area contributed by atoms with Crippen molar-refractivity contribution < 1.29 is 9.15 Å². The Hall–Kier alpha value is -3.12. The maximum atomic E-state index is 6.10. The molecule has 0 aliphatic heterocycles. The molecule has 0 aliphatic rings. The SMILES string of the molecule is COc1cccc2cc(-c3nc(NCCC(C)(C)N)c4ccccc4n3)oc12. The number of benzene rings is 2. The van der Waals surface area contributed by atoms with Crippen LogP contribution in [0.15, 0.2) is 52.9 Å². The number of hydrogen-bond donors (Lipinski definition) is 2. The van der Waals surface area contributed by atoms with E-state index in [4.69, 9.17) is 24.9 Å². The fourth-order valence-corrected chi connectivity index (χ4v) is 3.13. The van der Waals surface area contributed by atoms with Gasteiger partial charge in [-0.05, 0) is 44.5 Å². The number of aromatic nitrogens is 2. The van der Waals surface area contributed by atoms with Crippen LogP contribution in [0, 0.1) is 0 Å². The molecule has 144 valence electrons. The number of furan rings is 1. The molecule has 6 nitrogen and oxygen atoms in total. The fraction of sp³-hybridized carbons (Fsp3) is 0.273. The summed E-state index contributed by atoms with van der Waals surface area (Å²) in [5.74, 6) is 2.60. The summed E-state index contributed by atoms with van der Waals surface area (Å²) in [4.78, 5) is 9.45. The Bertz CT molecular complexity index is 1130. The van der Waals surface area contributed by atoms with Gasteiger partial charge in [0, 0.05) is 22.9 Å². The zero-order chi connectivity index (χ0) is 19.7. The number of hydrogen-bond acceptors (Lipinski definition) is 6. The lowest BCUT2D eigenvalue weighted by Gasteiger charge is -2.19. The molecule has 2 aromatic carbocycles. The normalized spacial score (nSPS) is 11.9. The minimum absolute atomic E-state index is 0.242. The third kappa shape index (κ3) is 3.64. The molecule has 28 heavy (non-hydrogen) atoms. The summed E-state index contributed by atoms with van der Waals surface area (Å²) in [6, 6.07) is 15.7. The van der Waals surface area contributed by atoms with E-state index in [1.54, 1.807) is 7.11 Å². The third-order valence-corrected chi connectivity index (χ3v) is 4.61. The van der Waals surface area contributed by atoms with Crippen molar-refractivity contribution in [2.24, 2.45) is 5.73 Å². The van der Waals surface area contributed by atoms with Crippen molar-refractivity contribution in [3.63, 3.8) is 0 Å². The zero-order valence-corrected chi connectivity index (χ0v) is 16.3. The molecular weight excluding hydrogens is 352 g/mol. The van der Waals surface area contributed by atoms with E-state index >= 15 is 0 Å².